The molecule has 1 amide bonds. The van der Waals surface area contributed by atoms with E-state index in [-0.39, 0.29) is 24.2 Å². The highest BCUT2D eigenvalue weighted by Gasteiger charge is 2.26. The Morgan fingerprint density at radius 2 is 1.59 bits per heavy atom. The molecule has 39 heavy (non-hydrogen) atoms. The van der Waals surface area contributed by atoms with Gasteiger partial charge in [-0.15, -0.1) is 0 Å². The zero-order valence-corrected chi connectivity index (χ0v) is 22.6. The first-order valence-corrected chi connectivity index (χ1v) is 13.6. The first-order valence-electron chi connectivity index (χ1n) is 12.2. The van der Waals surface area contributed by atoms with Gasteiger partial charge in [0.25, 0.3) is 11.5 Å². The van der Waals surface area contributed by atoms with Crippen LogP contribution < -0.4 is 15.0 Å². The largest absolute Gasteiger partial charge is 0.494 e. The van der Waals surface area contributed by atoms with Crippen LogP contribution >= 0.6 is 0 Å². The van der Waals surface area contributed by atoms with E-state index in [0.717, 1.165) is 9.87 Å². The van der Waals surface area contributed by atoms with Crippen LogP contribution in [0.4, 0.5) is 13.2 Å². The minimum Gasteiger partial charge on any atom is -0.494 e. The molecule has 0 unspecified atom stereocenters. The van der Waals surface area contributed by atoms with Gasteiger partial charge >= 0.3 is 16.4 Å². The fourth-order valence-corrected chi connectivity index (χ4v) is 4.20. The van der Waals surface area contributed by atoms with E-state index < -0.39 is 34.3 Å². The molecule has 2 N–H and O–H groups in total. The third-order valence-electron chi connectivity index (χ3n) is 5.86. The minimum absolute atomic E-state index is 0.0531. The van der Waals surface area contributed by atoms with Crippen molar-refractivity contribution in [3.63, 3.8) is 0 Å². The third kappa shape index (κ3) is 8.42. The third-order valence-corrected chi connectivity index (χ3v) is 7.27. The molecular formula is C27H30F3N3O5S. The Morgan fingerprint density at radius 3 is 2.18 bits per heavy atom. The molecule has 2 aromatic carbocycles. The number of ether oxygens (including phenoxy) is 1. The van der Waals surface area contributed by atoms with Crippen LogP contribution in [-0.4, -0.2) is 50.5 Å². The second-order valence-electron chi connectivity index (χ2n) is 9.18. The molecule has 0 spiro atoms. The lowest BCUT2D eigenvalue weighted by atomic mass is 9.97. The molecule has 210 valence electrons. The lowest BCUT2D eigenvalue weighted by molar-refractivity contribution is -0.135. The van der Waals surface area contributed by atoms with E-state index in [9.17, 15) is 31.2 Å². The summed E-state index contributed by atoms with van der Waals surface area (Å²) in [6.07, 6.45) is -4.02. The lowest BCUT2D eigenvalue weighted by Crippen LogP contribution is -2.41. The molecule has 0 saturated carbocycles. The van der Waals surface area contributed by atoms with Gasteiger partial charge in [0.05, 0.1) is 6.61 Å². The first kappa shape index (κ1) is 29.9. The highest BCUT2D eigenvalue weighted by atomic mass is 32.2. The molecule has 3 aromatic rings. The number of aromatic nitrogens is 1. The normalized spacial score (nSPS) is 12.0. The molecule has 0 aliphatic carbocycles. The van der Waals surface area contributed by atoms with Crippen molar-refractivity contribution in [2.24, 2.45) is 0 Å². The molecule has 8 nitrogen and oxygen atoms in total. The van der Waals surface area contributed by atoms with Crippen LogP contribution in [0.5, 0.6) is 5.75 Å². The van der Waals surface area contributed by atoms with Gasteiger partial charge in [-0.2, -0.15) is 25.9 Å². The van der Waals surface area contributed by atoms with Crippen LogP contribution in [0.15, 0.2) is 59.4 Å². The molecule has 0 aliphatic rings. The highest BCUT2D eigenvalue weighted by molar-refractivity contribution is 7.87. The van der Waals surface area contributed by atoms with Crippen molar-refractivity contribution in [3.05, 3.63) is 76.1 Å². The maximum absolute atomic E-state index is 13.1. The van der Waals surface area contributed by atoms with Crippen LogP contribution in [0.1, 0.15) is 41.6 Å². The number of H-pyrrole nitrogens is 1. The number of alkyl halides is 3. The summed E-state index contributed by atoms with van der Waals surface area (Å²) in [5.74, 6) is -0.549. The van der Waals surface area contributed by atoms with Gasteiger partial charge in [0.2, 0.25) is 0 Å². The second-order valence-corrected chi connectivity index (χ2v) is 11.1. The number of aryl methyl sites for hydroxylation is 1. The zero-order chi connectivity index (χ0) is 28.8. The molecule has 0 bridgehead atoms. The van der Waals surface area contributed by atoms with E-state index in [0.29, 0.717) is 35.4 Å². The van der Waals surface area contributed by atoms with Crippen molar-refractivity contribution < 1.29 is 31.1 Å². The van der Waals surface area contributed by atoms with Gasteiger partial charge in [-0.25, -0.2) is 4.72 Å². The zero-order valence-electron chi connectivity index (χ0n) is 21.8. The van der Waals surface area contributed by atoms with Crippen molar-refractivity contribution in [1.82, 2.24) is 14.0 Å². The number of nitrogens with zero attached hydrogens (tertiary/aromatic N) is 1. The predicted molar refractivity (Wildman–Crippen MR) is 143 cm³/mol. The number of pyridine rings is 1. The number of hydrogen-bond acceptors (Lipinski definition) is 5. The summed E-state index contributed by atoms with van der Waals surface area (Å²) in [5.41, 5.74) is 1.63. The molecule has 0 fully saturated rings. The molecule has 12 heteroatoms. The molecule has 0 atom stereocenters. The van der Waals surface area contributed by atoms with Crippen LogP contribution in [0.25, 0.3) is 22.4 Å². The molecule has 1 heterocycles. The SMILES string of the molecule is Cc1ccc(-c2cc(-c3ccc(OCCCCCC(F)(F)F)cc3)[nH]c(=O)c2C(=O)NS(=O)(=O)N(C)C)cc1. The van der Waals surface area contributed by atoms with E-state index in [1.54, 1.807) is 42.5 Å². The van der Waals surface area contributed by atoms with Gasteiger partial charge in [0.15, 0.2) is 0 Å². The topological polar surface area (TPSA) is 109 Å². The molecular weight excluding hydrogens is 535 g/mol. The Hall–Kier alpha value is -3.64. The number of carbonyl (C=O) groups excluding carboxylic acids is 1. The summed E-state index contributed by atoms with van der Waals surface area (Å²) in [6.45, 7) is 2.15. The maximum Gasteiger partial charge on any atom is 0.389 e. The number of aromatic amines is 1. The van der Waals surface area contributed by atoms with Crippen molar-refractivity contribution in [2.45, 2.75) is 38.8 Å². The quantitative estimate of drug-likeness (QED) is 0.316. The van der Waals surface area contributed by atoms with Crippen LogP contribution in [-0.2, 0) is 10.2 Å². The van der Waals surface area contributed by atoms with Crippen LogP contribution in [0, 0.1) is 6.92 Å². The number of unbranched alkanes of at least 4 members (excludes halogenated alkanes) is 2. The van der Waals surface area contributed by atoms with E-state index >= 15 is 0 Å². The van der Waals surface area contributed by atoms with Gasteiger partial charge in [-0.05, 0) is 67.6 Å². The summed E-state index contributed by atoms with van der Waals surface area (Å²) >= 11 is 0. The summed E-state index contributed by atoms with van der Waals surface area (Å²) < 4.78 is 69.5. The Morgan fingerprint density at radius 1 is 0.974 bits per heavy atom. The number of nitrogens with one attached hydrogen (secondary N) is 2. The minimum atomic E-state index is -4.15. The summed E-state index contributed by atoms with van der Waals surface area (Å²) in [4.78, 5) is 28.7. The van der Waals surface area contributed by atoms with Gasteiger partial charge in [-0.3, -0.25) is 9.59 Å². The smallest absolute Gasteiger partial charge is 0.389 e. The average molecular weight is 566 g/mol. The Bertz CT molecular complexity index is 1450. The fourth-order valence-electron chi connectivity index (χ4n) is 3.69. The number of hydrogen-bond donors (Lipinski definition) is 2. The van der Waals surface area contributed by atoms with Gasteiger partial charge in [0, 0.05) is 31.8 Å². The van der Waals surface area contributed by atoms with Gasteiger partial charge < -0.3 is 9.72 Å². The number of amides is 1. The molecule has 0 radical (unpaired) electrons. The van der Waals surface area contributed by atoms with Crippen LogP contribution in [0.3, 0.4) is 0 Å². The van der Waals surface area contributed by atoms with Crippen molar-refractivity contribution in [1.29, 1.82) is 0 Å². The lowest BCUT2D eigenvalue weighted by Gasteiger charge is -2.15. The Labute approximate surface area is 225 Å². The Balaban J connectivity index is 1.85. The maximum atomic E-state index is 13.1. The Kier molecular flexibility index (Phi) is 9.57. The first-order chi connectivity index (χ1) is 18.3. The number of rotatable bonds is 11. The van der Waals surface area contributed by atoms with Crippen molar-refractivity contribution in [2.75, 3.05) is 20.7 Å². The van der Waals surface area contributed by atoms with Gasteiger partial charge in [-0.1, -0.05) is 29.8 Å². The fraction of sp³-hybridized carbons (Fsp3) is 0.333. The molecule has 0 saturated heterocycles. The number of carbonyl (C=O) groups is 1. The monoisotopic (exact) mass is 565 g/mol. The summed E-state index contributed by atoms with van der Waals surface area (Å²) in [7, 11) is -1.63. The molecule has 0 aliphatic heterocycles. The predicted octanol–water partition coefficient (Wildman–Crippen LogP) is 5.06. The van der Waals surface area contributed by atoms with Crippen LogP contribution in [0.2, 0.25) is 0 Å². The summed E-state index contributed by atoms with van der Waals surface area (Å²) in [5, 5.41) is 0. The average Bonchev–Trinajstić information content (AvgIpc) is 2.85. The van der Waals surface area contributed by atoms with E-state index in [1.165, 1.54) is 14.1 Å². The van der Waals surface area contributed by atoms with Crippen molar-refractivity contribution >= 4 is 16.1 Å². The van der Waals surface area contributed by atoms with E-state index in [1.807, 2.05) is 23.8 Å². The number of halogens is 3. The van der Waals surface area contributed by atoms with Gasteiger partial charge in [0.1, 0.15) is 11.3 Å². The molecule has 3 rings (SSSR count). The standard InChI is InChI=1S/C27H30F3N3O5S/c1-18-7-9-19(10-8-18)22-17-23(31-25(34)24(22)26(35)32-39(36,37)33(2)3)20-11-13-21(14-12-20)38-16-6-4-5-15-27(28,29)30/h7-14,17H,4-6,15-16H2,1-3H3,(H,31,34)(H,32,35). The van der Waals surface area contributed by atoms with Crippen molar-refractivity contribution in [3.8, 4) is 28.1 Å². The number of benzene rings is 2. The second kappa shape index (κ2) is 12.5. The molecule has 1 aromatic heterocycles. The van der Waals surface area contributed by atoms with E-state index in [4.69, 9.17) is 4.74 Å². The van der Waals surface area contributed by atoms with E-state index in [2.05, 4.69) is 4.98 Å². The summed E-state index contributed by atoms with van der Waals surface area (Å²) in [6, 6.07) is 15.4. The highest BCUT2D eigenvalue weighted by Crippen LogP contribution is 2.28.